The van der Waals surface area contributed by atoms with Crippen LogP contribution < -0.4 is 16.0 Å². The average Bonchev–Trinajstić information content (AvgIpc) is 2.91. The molecule has 0 bridgehead atoms. The molecule has 0 aromatic carbocycles. The molecular formula is C9H12ClN7O2S. The average molecular weight is 318 g/mol. The molecule has 0 atom stereocenters. The third-order valence-electron chi connectivity index (χ3n) is 2.37. The number of rotatable bonds is 6. The summed E-state index contributed by atoms with van der Waals surface area (Å²) in [7, 11) is -3.69. The molecule has 0 amide bonds. The molecule has 0 unspecified atom stereocenters. The van der Waals surface area contributed by atoms with Gasteiger partial charge in [0.25, 0.3) is 0 Å². The zero-order chi connectivity index (χ0) is 14.6. The number of pyridine rings is 1. The van der Waals surface area contributed by atoms with Gasteiger partial charge in [0.05, 0.1) is 17.8 Å². The Bertz CT molecular complexity index is 674. The van der Waals surface area contributed by atoms with Gasteiger partial charge in [0.2, 0.25) is 10.0 Å². The van der Waals surface area contributed by atoms with Crippen molar-refractivity contribution < 1.29 is 8.42 Å². The third kappa shape index (κ3) is 3.42. The number of hydrogen-bond acceptors (Lipinski definition) is 7. The number of nitrogens with one attached hydrogen (secondary N) is 2. The van der Waals surface area contributed by atoms with Crippen molar-refractivity contribution in [3.63, 3.8) is 0 Å². The van der Waals surface area contributed by atoms with E-state index in [0.29, 0.717) is 6.54 Å². The van der Waals surface area contributed by atoms with E-state index >= 15 is 0 Å². The predicted molar refractivity (Wildman–Crippen MR) is 72.3 cm³/mol. The van der Waals surface area contributed by atoms with Crippen LogP contribution in [0.3, 0.4) is 0 Å². The highest BCUT2D eigenvalue weighted by molar-refractivity contribution is 7.89. The first-order valence-corrected chi connectivity index (χ1v) is 7.35. The molecule has 0 radical (unpaired) electrons. The van der Waals surface area contributed by atoms with Gasteiger partial charge in [-0.3, -0.25) is 4.68 Å². The summed E-state index contributed by atoms with van der Waals surface area (Å²) in [5.41, 5.74) is 2.26. The Hall–Kier alpha value is -1.75. The fourth-order valence-electron chi connectivity index (χ4n) is 1.40. The number of hydrogen-bond donors (Lipinski definition) is 3. The fraction of sp³-hybridized carbons (Fsp3) is 0.222. The van der Waals surface area contributed by atoms with Crippen molar-refractivity contribution in [2.45, 2.75) is 11.4 Å². The molecule has 0 fully saturated rings. The molecule has 2 aromatic heterocycles. The van der Waals surface area contributed by atoms with Crippen LogP contribution in [-0.4, -0.2) is 34.9 Å². The number of aromatic nitrogens is 4. The molecule has 0 aliphatic carbocycles. The van der Waals surface area contributed by atoms with Crippen molar-refractivity contribution in [2.75, 3.05) is 12.0 Å². The van der Waals surface area contributed by atoms with Crippen molar-refractivity contribution >= 4 is 27.4 Å². The van der Waals surface area contributed by atoms with Gasteiger partial charge in [0.15, 0.2) is 5.82 Å². The molecule has 2 rings (SSSR count). The highest BCUT2D eigenvalue weighted by Crippen LogP contribution is 2.21. The minimum atomic E-state index is -3.69. The van der Waals surface area contributed by atoms with E-state index < -0.39 is 10.0 Å². The van der Waals surface area contributed by atoms with Crippen LogP contribution in [0.25, 0.3) is 0 Å². The maximum Gasteiger partial charge on any atom is 0.242 e. The van der Waals surface area contributed by atoms with E-state index in [1.165, 1.54) is 23.1 Å². The molecule has 11 heteroatoms. The second-order valence-electron chi connectivity index (χ2n) is 3.71. The van der Waals surface area contributed by atoms with E-state index in [2.05, 4.69) is 25.4 Å². The number of nitrogen functional groups attached to an aromatic ring is 1. The molecule has 0 aliphatic rings. The standard InChI is InChI=1S/C9H12ClN7O2S/c10-8-5-7(6-12-9(8)15-11)20(18,19)14-2-4-17-3-1-13-16-17/h1,3,5-6,14H,2,4,11H2,(H,12,15). The van der Waals surface area contributed by atoms with Crippen LogP contribution in [-0.2, 0) is 16.6 Å². The first-order valence-electron chi connectivity index (χ1n) is 5.49. The van der Waals surface area contributed by atoms with Gasteiger partial charge in [0, 0.05) is 18.9 Å². The Kier molecular flexibility index (Phi) is 4.49. The van der Waals surface area contributed by atoms with Crippen LogP contribution in [0, 0.1) is 0 Å². The zero-order valence-corrected chi connectivity index (χ0v) is 11.8. The Morgan fingerprint density at radius 1 is 1.45 bits per heavy atom. The molecular weight excluding hydrogens is 306 g/mol. The van der Waals surface area contributed by atoms with E-state index in [4.69, 9.17) is 17.4 Å². The van der Waals surface area contributed by atoms with Crippen LogP contribution in [0.15, 0.2) is 29.6 Å². The molecule has 2 heterocycles. The minimum Gasteiger partial charge on any atom is -0.307 e. The molecule has 0 saturated carbocycles. The molecule has 0 saturated heterocycles. The molecule has 0 spiro atoms. The summed E-state index contributed by atoms with van der Waals surface area (Å²) < 4.78 is 27.9. The van der Waals surface area contributed by atoms with Crippen LogP contribution in [0.4, 0.5) is 5.82 Å². The van der Waals surface area contributed by atoms with Crippen LogP contribution in [0.1, 0.15) is 0 Å². The Morgan fingerprint density at radius 2 is 2.25 bits per heavy atom. The zero-order valence-electron chi connectivity index (χ0n) is 10.2. The van der Waals surface area contributed by atoms with Crippen molar-refractivity contribution in [3.8, 4) is 0 Å². The van der Waals surface area contributed by atoms with Gasteiger partial charge >= 0.3 is 0 Å². The first kappa shape index (κ1) is 14.7. The van der Waals surface area contributed by atoms with E-state index in [1.807, 2.05) is 0 Å². The monoisotopic (exact) mass is 317 g/mol. The summed E-state index contributed by atoms with van der Waals surface area (Å²) in [4.78, 5) is 3.76. The second-order valence-corrected chi connectivity index (χ2v) is 5.88. The lowest BCUT2D eigenvalue weighted by atomic mass is 10.5. The summed E-state index contributed by atoms with van der Waals surface area (Å²) in [6, 6.07) is 1.27. The highest BCUT2D eigenvalue weighted by atomic mass is 35.5. The van der Waals surface area contributed by atoms with Gasteiger partial charge in [-0.15, -0.1) is 5.10 Å². The number of anilines is 1. The molecule has 9 nitrogen and oxygen atoms in total. The van der Waals surface area contributed by atoms with E-state index in [1.54, 1.807) is 6.20 Å². The van der Waals surface area contributed by atoms with Crippen LogP contribution >= 0.6 is 11.6 Å². The number of nitrogens with zero attached hydrogens (tertiary/aromatic N) is 4. The fourth-order valence-corrected chi connectivity index (χ4v) is 2.68. The quantitative estimate of drug-likeness (QED) is 0.488. The summed E-state index contributed by atoms with van der Waals surface area (Å²) in [6.45, 7) is 0.531. The maximum atomic E-state index is 12.0. The third-order valence-corrected chi connectivity index (χ3v) is 4.08. The first-order chi connectivity index (χ1) is 9.53. The molecule has 20 heavy (non-hydrogen) atoms. The summed E-state index contributed by atoms with van der Waals surface area (Å²) in [6.07, 6.45) is 4.31. The van der Waals surface area contributed by atoms with Crippen molar-refractivity contribution in [1.29, 1.82) is 0 Å². The normalized spacial score (nSPS) is 11.5. The molecule has 0 aliphatic heterocycles. The van der Waals surface area contributed by atoms with Gasteiger partial charge in [0.1, 0.15) is 4.90 Å². The lowest BCUT2D eigenvalue weighted by Gasteiger charge is -2.08. The minimum absolute atomic E-state index is 0.0416. The topological polar surface area (TPSA) is 128 Å². The highest BCUT2D eigenvalue weighted by Gasteiger charge is 2.16. The Morgan fingerprint density at radius 3 is 2.85 bits per heavy atom. The Balaban J connectivity index is 2.04. The van der Waals surface area contributed by atoms with E-state index in [0.717, 1.165) is 0 Å². The molecule has 108 valence electrons. The number of hydrazine groups is 1. The van der Waals surface area contributed by atoms with Gasteiger partial charge < -0.3 is 5.43 Å². The number of nitrogens with two attached hydrogens (primary N) is 1. The van der Waals surface area contributed by atoms with Gasteiger partial charge in [-0.05, 0) is 6.07 Å². The molecule has 4 N–H and O–H groups in total. The van der Waals surface area contributed by atoms with Gasteiger partial charge in [-0.2, -0.15) is 0 Å². The summed E-state index contributed by atoms with van der Waals surface area (Å²) in [5, 5.41) is 7.45. The lowest BCUT2D eigenvalue weighted by molar-refractivity contribution is 0.552. The lowest BCUT2D eigenvalue weighted by Crippen LogP contribution is -2.27. The van der Waals surface area contributed by atoms with Crippen molar-refractivity contribution in [3.05, 3.63) is 29.7 Å². The summed E-state index contributed by atoms with van der Waals surface area (Å²) in [5.74, 6) is 5.37. The smallest absolute Gasteiger partial charge is 0.242 e. The SMILES string of the molecule is NNc1ncc(S(=O)(=O)NCCn2ccnn2)cc1Cl. The number of sulfonamides is 1. The van der Waals surface area contributed by atoms with Crippen molar-refractivity contribution in [2.24, 2.45) is 5.84 Å². The maximum absolute atomic E-state index is 12.0. The van der Waals surface area contributed by atoms with Gasteiger partial charge in [-0.1, -0.05) is 16.8 Å². The Labute approximate surface area is 120 Å². The van der Waals surface area contributed by atoms with E-state index in [9.17, 15) is 8.42 Å². The molecule has 2 aromatic rings. The van der Waals surface area contributed by atoms with Crippen LogP contribution in [0.2, 0.25) is 5.02 Å². The largest absolute Gasteiger partial charge is 0.307 e. The summed E-state index contributed by atoms with van der Waals surface area (Å²) >= 11 is 5.83. The second kappa shape index (κ2) is 6.13. The van der Waals surface area contributed by atoms with Crippen molar-refractivity contribution in [1.82, 2.24) is 24.7 Å². The van der Waals surface area contributed by atoms with Gasteiger partial charge in [-0.25, -0.2) is 24.0 Å². The van der Waals surface area contributed by atoms with Crippen LogP contribution in [0.5, 0.6) is 0 Å². The predicted octanol–water partition coefficient (Wildman–Crippen LogP) is -0.409. The number of halogens is 1. The van der Waals surface area contributed by atoms with E-state index in [-0.39, 0.29) is 22.3 Å².